The number of methoxy groups -OCH3 is 1. The van der Waals surface area contributed by atoms with E-state index in [0.29, 0.717) is 19.4 Å². The highest BCUT2D eigenvalue weighted by Crippen LogP contribution is 2.55. The maximum atomic E-state index is 13.6. The lowest BCUT2D eigenvalue weighted by atomic mass is 9.74. The molecule has 0 amide bonds. The van der Waals surface area contributed by atoms with Crippen molar-refractivity contribution in [1.82, 2.24) is 0 Å². The number of hydrogen-bond acceptors (Lipinski definition) is 6. The second kappa shape index (κ2) is 9.56. The van der Waals surface area contributed by atoms with E-state index in [1.807, 2.05) is 0 Å². The molecule has 1 aliphatic heterocycles. The second-order valence-electron chi connectivity index (χ2n) is 15.8. The predicted molar refractivity (Wildman–Crippen MR) is 155 cm³/mol. The number of ether oxygens (including phenoxy) is 2. The van der Waals surface area contributed by atoms with Crippen LogP contribution in [0.5, 0.6) is 0 Å². The van der Waals surface area contributed by atoms with Gasteiger partial charge in [-0.15, -0.1) is 0 Å². The Morgan fingerprint density at radius 2 is 1.19 bits per heavy atom. The van der Waals surface area contributed by atoms with Gasteiger partial charge >= 0.3 is 5.97 Å². The van der Waals surface area contributed by atoms with Crippen LogP contribution in [-0.2, 0) is 27.5 Å². The Hall–Kier alpha value is -0.0394. The Balaban J connectivity index is 2.64. The van der Waals surface area contributed by atoms with E-state index in [1.54, 1.807) is 0 Å². The zero-order chi connectivity index (χ0) is 28.4. The summed E-state index contributed by atoms with van der Waals surface area (Å²) in [4.78, 5) is 13.6. The molecule has 1 spiro atoms. The molecule has 4 atom stereocenters. The van der Waals surface area contributed by atoms with Gasteiger partial charge < -0.3 is 22.8 Å². The van der Waals surface area contributed by atoms with E-state index in [0.717, 1.165) is 0 Å². The molecule has 2 rings (SSSR count). The molecule has 1 saturated heterocycles. The summed E-state index contributed by atoms with van der Waals surface area (Å²) in [6.07, 6.45) is 0.298. The molecular weight excluding hydrogens is 505 g/mol. The first-order valence-corrected chi connectivity index (χ1v) is 22.3. The molecule has 212 valence electrons. The number of carbonyl (C=O) groups excluding carboxylic acids is 1. The Morgan fingerprint density at radius 3 is 1.56 bits per heavy atom. The Labute approximate surface area is 224 Å². The van der Waals surface area contributed by atoms with Crippen molar-refractivity contribution < 1.29 is 27.5 Å². The molecular formula is C27H56O6Si3. The summed E-state index contributed by atoms with van der Waals surface area (Å²) in [5.74, 6) is -0.322. The topological polar surface area (TPSA) is 66.5 Å². The fraction of sp³-hybridized carbons (Fsp3) is 0.963. The molecule has 0 unspecified atom stereocenters. The maximum absolute atomic E-state index is 13.6. The monoisotopic (exact) mass is 560 g/mol. The molecule has 0 aromatic heterocycles. The second-order valence-corrected chi connectivity index (χ2v) is 30.0. The van der Waals surface area contributed by atoms with Crippen LogP contribution < -0.4 is 0 Å². The maximum Gasteiger partial charge on any atom is 0.337 e. The molecule has 1 aliphatic carbocycles. The number of hydrogen-bond donors (Lipinski definition) is 0. The van der Waals surface area contributed by atoms with Crippen molar-refractivity contribution in [3.8, 4) is 0 Å². The minimum atomic E-state index is -2.33. The van der Waals surface area contributed by atoms with E-state index >= 15 is 0 Å². The quantitative estimate of drug-likeness (QED) is 0.185. The van der Waals surface area contributed by atoms with Crippen LogP contribution in [0.15, 0.2) is 0 Å². The SMILES string of the molecule is COC(=O)[C@@]1(O[Si](C)(C)C(C)(C)C)C[C@@H](O[Si](C)(C)C(C)(C)C)[C@H](O[Si](C)(C)C(C)(C)C)[C@]2(CO2)C1. The molecule has 1 saturated carbocycles. The van der Waals surface area contributed by atoms with Crippen LogP contribution >= 0.6 is 0 Å². The lowest BCUT2D eigenvalue weighted by molar-refractivity contribution is -0.178. The van der Waals surface area contributed by atoms with Gasteiger partial charge in [0, 0.05) is 12.8 Å². The highest BCUT2D eigenvalue weighted by Gasteiger charge is 2.69. The first-order chi connectivity index (χ1) is 15.8. The van der Waals surface area contributed by atoms with E-state index in [1.165, 1.54) is 7.11 Å². The summed E-state index contributed by atoms with van der Waals surface area (Å²) < 4.78 is 32.9. The van der Waals surface area contributed by atoms with Crippen LogP contribution in [0.2, 0.25) is 54.4 Å². The zero-order valence-electron chi connectivity index (χ0n) is 26.2. The third-order valence-corrected chi connectivity index (χ3v) is 23.3. The molecule has 0 N–H and O–H groups in total. The minimum Gasteiger partial charge on any atom is -0.467 e. The molecule has 9 heteroatoms. The van der Waals surface area contributed by atoms with E-state index < -0.39 is 36.2 Å². The summed E-state index contributed by atoms with van der Waals surface area (Å²) in [7, 11) is -5.24. The first-order valence-electron chi connectivity index (χ1n) is 13.5. The fourth-order valence-electron chi connectivity index (χ4n) is 4.22. The van der Waals surface area contributed by atoms with Crippen molar-refractivity contribution in [2.75, 3.05) is 13.7 Å². The van der Waals surface area contributed by atoms with Gasteiger partial charge in [0.25, 0.3) is 0 Å². The van der Waals surface area contributed by atoms with Crippen molar-refractivity contribution in [2.24, 2.45) is 0 Å². The highest BCUT2D eigenvalue weighted by atomic mass is 28.4. The summed E-state index contributed by atoms with van der Waals surface area (Å²) >= 11 is 0. The van der Waals surface area contributed by atoms with Gasteiger partial charge in [-0.1, -0.05) is 62.3 Å². The predicted octanol–water partition coefficient (Wildman–Crippen LogP) is 7.26. The smallest absolute Gasteiger partial charge is 0.337 e. The average Bonchev–Trinajstić information content (AvgIpc) is 3.40. The van der Waals surface area contributed by atoms with Crippen molar-refractivity contribution >= 4 is 30.9 Å². The minimum absolute atomic E-state index is 0.0117. The highest BCUT2D eigenvalue weighted by molar-refractivity contribution is 6.75. The van der Waals surface area contributed by atoms with E-state index in [2.05, 4.69) is 102 Å². The van der Waals surface area contributed by atoms with Crippen LogP contribution in [0, 0.1) is 0 Å². The number of esters is 1. The van der Waals surface area contributed by atoms with Crippen molar-refractivity contribution in [2.45, 2.75) is 153 Å². The van der Waals surface area contributed by atoms with Gasteiger partial charge in [-0.3, -0.25) is 0 Å². The lowest BCUT2D eigenvalue weighted by Crippen LogP contribution is -2.67. The van der Waals surface area contributed by atoms with Gasteiger partial charge in [0.15, 0.2) is 30.6 Å². The largest absolute Gasteiger partial charge is 0.467 e. The van der Waals surface area contributed by atoms with Gasteiger partial charge in [-0.2, -0.15) is 0 Å². The lowest BCUT2D eigenvalue weighted by Gasteiger charge is -2.54. The normalized spacial score (nSPS) is 30.4. The molecule has 1 heterocycles. The molecule has 36 heavy (non-hydrogen) atoms. The third kappa shape index (κ3) is 6.23. The van der Waals surface area contributed by atoms with Crippen LogP contribution in [0.25, 0.3) is 0 Å². The Kier molecular flexibility index (Phi) is 8.54. The molecule has 0 aromatic rings. The summed E-state index contributed by atoms with van der Waals surface area (Å²) in [5.41, 5.74) is -1.72. The molecule has 0 bridgehead atoms. The van der Waals surface area contributed by atoms with Crippen LogP contribution in [-0.4, -0.2) is 68.0 Å². The van der Waals surface area contributed by atoms with Crippen LogP contribution in [0.3, 0.4) is 0 Å². The Bertz CT molecular complexity index is 815. The zero-order valence-corrected chi connectivity index (χ0v) is 29.2. The fourth-order valence-corrected chi connectivity index (χ4v) is 8.42. The van der Waals surface area contributed by atoms with Crippen LogP contribution in [0.4, 0.5) is 0 Å². The van der Waals surface area contributed by atoms with E-state index in [9.17, 15) is 4.79 Å². The first kappa shape index (κ1) is 32.2. The molecule has 0 radical (unpaired) electrons. The van der Waals surface area contributed by atoms with E-state index in [4.69, 9.17) is 22.8 Å². The van der Waals surface area contributed by atoms with Crippen LogP contribution in [0.1, 0.15) is 75.2 Å². The Morgan fingerprint density at radius 1 is 0.778 bits per heavy atom. The third-order valence-electron chi connectivity index (χ3n) is 9.78. The number of rotatable bonds is 7. The number of carbonyl (C=O) groups is 1. The van der Waals surface area contributed by atoms with Gasteiger partial charge in [-0.25, -0.2) is 4.79 Å². The summed E-state index contributed by atoms with van der Waals surface area (Å²) in [6, 6.07) is 0. The summed E-state index contributed by atoms with van der Waals surface area (Å²) in [5, 5.41) is -0.00719. The molecule has 2 aliphatic rings. The van der Waals surface area contributed by atoms with Crippen molar-refractivity contribution in [1.29, 1.82) is 0 Å². The molecule has 0 aromatic carbocycles. The van der Waals surface area contributed by atoms with Crippen molar-refractivity contribution in [3.63, 3.8) is 0 Å². The van der Waals surface area contributed by atoms with E-state index in [-0.39, 0.29) is 33.3 Å². The van der Waals surface area contributed by atoms with Gasteiger partial charge in [-0.05, 0) is 54.4 Å². The average molecular weight is 561 g/mol. The van der Waals surface area contributed by atoms with Gasteiger partial charge in [0.1, 0.15) is 11.7 Å². The van der Waals surface area contributed by atoms with Crippen molar-refractivity contribution in [3.05, 3.63) is 0 Å². The summed E-state index contributed by atoms with van der Waals surface area (Å²) in [6.45, 7) is 34.1. The molecule has 6 nitrogen and oxygen atoms in total. The van der Waals surface area contributed by atoms with Gasteiger partial charge in [0.05, 0.1) is 19.8 Å². The van der Waals surface area contributed by atoms with Gasteiger partial charge in [0.2, 0.25) is 0 Å². The number of epoxide rings is 1. The molecule has 2 fully saturated rings. The standard InChI is InChI=1S/C27H56O6Si3/c1-23(2,3)34(11,12)31-20-17-26(22(28)29-10,33-36(15,16)25(7,8)9)18-27(19-30-27)21(20)32-35(13,14)24(4,5)6/h20-21H,17-19H2,1-16H3/t20-,21+,26-,27-/m1/s1.